The fourth-order valence-electron chi connectivity index (χ4n) is 4.55. The van der Waals surface area contributed by atoms with Crippen molar-refractivity contribution in [3.63, 3.8) is 0 Å². The van der Waals surface area contributed by atoms with Crippen LogP contribution in [0, 0.1) is 0 Å². The number of amides is 2. The zero-order valence-corrected chi connectivity index (χ0v) is 19.0. The Morgan fingerprint density at radius 3 is 2.49 bits per heavy atom. The number of hydrazine groups is 1. The molecule has 0 radical (unpaired) electrons. The molecule has 0 aliphatic carbocycles. The van der Waals surface area contributed by atoms with Crippen LogP contribution in [-0.4, -0.2) is 27.2 Å². The Bertz CT molecular complexity index is 1670. The minimum Gasteiger partial charge on any atom is -0.422 e. The molecular formula is C27H18ClN3O4. The number of β-lactam (4-membered cyclic amide) rings is 1. The number of para-hydroxylation sites is 2. The molecule has 3 heterocycles. The number of hydrogen-bond donors (Lipinski definition) is 2. The SMILES string of the molecule is O=C(NN1C(=O)C(Cl)C1c1c(-c2ccccc2)[nH]c2ccccc12)c1cc2ccccc2oc1=O. The van der Waals surface area contributed by atoms with Gasteiger partial charge in [0, 0.05) is 21.9 Å². The largest absolute Gasteiger partial charge is 0.422 e. The number of aromatic nitrogens is 1. The summed E-state index contributed by atoms with van der Waals surface area (Å²) in [6.45, 7) is 0. The van der Waals surface area contributed by atoms with Crippen LogP contribution in [-0.2, 0) is 4.79 Å². The maximum atomic E-state index is 13.1. The normalized spacial score (nSPS) is 17.5. The first-order chi connectivity index (χ1) is 17.0. The Kier molecular flexibility index (Phi) is 4.93. The maximum absolute atomic E-state index is 13.1. The van der Waals surface area contributed by atoms with Gasteiger partial charge in [0.2, 0.25) is 0 Å². The number of aromatic amines is 1. The molecule has 1 saturated heterocycles. The molecule has 2 amide bonds. The molecule has 2 N–H and O–H groups in total. The molecule has 172 valence electrons. The van der Waals surface area contributed by atoms with E-state index in [2.05, 4.69) is 10.4 Å². The van der Waals surface area contributed by atoms with Crippen molar-refractivity contribution >= 4 is 45.3 Å². The van der Waals surface area contributed by atoms with Gasteiger partial charge in [-0.2, -0.15) is 0 Å². The quantitative estimate of drug-likeness (QED) is 0.218. The second kappa shape index (κ2) is 8.14. The van der Waals surface area contributed by atoms with Crippen molar-refractivity contribution < 1.29 is 14.0 Å². The number of halogens is 1. The predicted molar refractivity (Wildman–Crippen MR) is 133 cm³/mol. The van der Waals surface area contributed by atoms with Crippen molar-refractivity contribution in [2.24, 2.45) is 0 Å². The average Bonchev–Trinajstić information content (AvgIpc) is 3.27. The molecule has 35 heavy (non-hydrogen) atoms. The van der Waals surface area contributed by atoms with Crippen molar-refractivity contribution in [1.29, 1.82) is 0 Å². The number of hydrogen-bond acceptors (Lipinski definition) is 4. The van der Waals surface area contributed by atoms with Crippen LogP contribution in [0.1, 0.15) is 22.0 Å². The summed E-state index contributed by atoms with van der Waals surface area (Å²) in [6.07, 6.45) is 0. The number of nitrogens with zero attached hydrogens (tertiary/aromatic N) is 1. The molecular weight excluding hydrogens is 466 g/mol. The number of H-pyrrole nitrogens is 1. The zero-order valence-electron chi connectivity index (χ0n) is 18.2. The number of benzene rings is 3. The molecule has 2 unspecified atom stereocenters. The first-order valence-electron chi connectivity index (χ1n) is 11.0. The Balaban J connectivity index is 1.41. The van der Waals surface area contributed by atoms with Crippen LogP contribution in [0.5, 0.6) is 0 Å². The molecule has 1 fully saturated rings. The van der Waals surface area contributed by atoms with Crippen molar-refractivity contribution in [2.45, 2.75) is 11.4 Å². The lowest BCUT2D eigenvalue weighted by Gasteiger charge is -2.44. The molecule has 6 rings (SSSR count). The molecule has 2 atom stereocenters. The predicted octanol–water partition coefficient (Wildman–Crippen LogP) is 4.78. The first-order valence-corrected chi connectivity index (χ1v) is 11.4. The summed E-state index contributed by atoms with van der Waals surface area (Å²) in [5.41, 5.74) is 5.37. The van der Waals surface area contributed by atoms with E-state index in [0.29, 0.717) is 11.0 Å². The van der Waals surface area contributed by atoms with E-state index in [1.807, 2.05) is 54.6 Å². The highest BCUT2D eigenvalue weighted by Gasteiger charge is 2.50. The molecule has 8 heteroatoms. The average molecular weight is 484 g/mol. The molecule has 7 nitrogen and oxygen atoms in total. The number of nitrogens with one attached hydrogen (secondary N) is 2. The lowest BCUT2D eigenvalue weighted by atomic mass is 9.90. The second-order valence-corrected chi connectivity index (χ2v) is 8.78. The fourth-order valence-corrected chi connectivity index (χ4v) is 4.89. The topological polar surface area (TPSA) is 95.4 Å². The van der Waals surface area contributed by atoms with Gasteiger partial charge in [0.1, 0.15) is 22.6 Å². The lowest BCUT2D eigenvalue weighted by molar-refractivity contribution is -0.149. The van der Waals surface area contributed by atoms with Gasteiger partial charge in [0.25, 0.3) is 11.8 Å². The summed E-state index contributed by atoms with van der Waals surface area (Å²) in [4.78, 5) is 41.8. The monoisotopic (exact) mass is 483 g/mol. The van der Waals surface area contributed by atoms with Gasteiger partial charge < -0.3 is 9.40 Å². The van der Waals surface area contributed by atoms with Crippen molar-refractivity contribution in [3.05, 3.63) is 106 Å². The van der Waals surface area contributed by atoms with Gasteiger partial charge in [-0.25, -0.2) is 9.80 Å². The Morgan fingerprint density at radius 2 is 1.66 bits per heavy atom. The molecule has 2 aromatic heterocycles. The van der Waals surface area contributed by atoms with Crippen LogP contribution >= 0.6 is 11.6 Å². The van der Waals surface area contributed by atoms with Crippen LogP contribution in [0.15, 0.2) is 94.1 Å². The van der Waals surface area contributed by atoms with Crippen LogP contribution < -0.4 is 11.1 Å². The molecule has 5 aromatic rings. The van der Waals surface area contributed by atoms with E-state index < -0.39 is 28.9 Å². The molecule has 1 aliphatic heterocycles. The number of fused-ring (bicyclic) bond motifs is 2. The van der Waals surface area contributed by atoms with E-state index in [4.69, 9.17) is 16.0 Å². The summed E-state index contributed by atoms with van der Waals surface area (Å²) in [6, 6.07) is 25.1. The van der Waals surface area contributed by atoms with Crippen molar-refractivity contribution in [2.75, 3.05) is 0 Å². The standard InChI is InChI=1S/C27H18ClN3O4/c28-22-24(21-17-11-5-6-12-19(17)29-23(21)15-8-2-1-3-9-15)31(26(22)33)30-25(32)18-14-16-10-4-7-13-20(16)35-27(18)34/h1-14,22,24,29H,(H,30,32). The van der Waals surface area contributed by atoms with Gasteiger partial charge in [-0.15, -0.1) is 11.6 Å². The van der Waals surface area contributed by atoms with Gasteiger partial charge in [0.05, 0.1) is 5.69 Å². The van der Waals surface area contributed by atoms with Crippen LogP contribution in [0.2, 0.25) is 0 Å². The minimum atomic E-state index is -0.884. The van der Waals surface area contributed by atoms with Gasteiger partial charge >= 0.3 is 5.63 Å². The first kappa shape index (κ1) is 21.2. The van der Waals surface area contributed by atoms with Gasteiger partial charge in [0.15, 0.2) is 0 Å². The summed E-state index contributed by atoms with van der Waals surface area (Å²) in [5, 5.41) is 1.79. The van der Waals surface area contributed by atoms with E-state index in [0.717, 1.165) is 27.7 Å². The van der Waals surface area contributed by atoms with Crippen LogP contribution in [0.3, 0.4) is 0 Å². The number of carbonyl (C=O) groups is 2. The van der Waals surface area contributed by atoms with Gasteiger partial charge in [-0.1, -0.05) is 66.7 Å². The molecule has 0 spiro atoms. The third-order valence-corrected chi connectivity index (χ3v) is 6.67. The van der Waals surface area contributed by atoms with Gasteiger partial charge in [-0.05, 0) is 23.8 Å². The third-order valence-electron chi connectivity index (χ3n) is 6.24. The van der Waals surface area contributed by atoms with Crippen molar-refractivity contribution in [3.8, 4) is 11.3 Å². The second-order valence-electron chi connectivity index (χ2n) is 8.31. The van der Waals surface area contributed by atoms with E-state index in [-0.39, 0.29) is 5.56 Å². The number of rotatable bonds is 4. The highest BCUT2D eigenvalue weighted by atomic mass is 35.5. The van der Waals surface area contributed by atoms with Crippen LogP contribution in [0.4, 0.5) is 0 Å². The third kappa shape index (κ3) is 3.40. The fraction of sp³-hybridized carbons (Fsp3) is 0.0741. The molecule has 0 bridgehead atoms. The smallest absolute Gasteiger partial charge is 0.349 e. The highest BCUT2D eigenvalue weighted by molar-refractivity contribution is 6.34. The Morgan fingerprint density at radius 1 is 0.943 bits per heavy atom. The minimum absolute atomic E-state index is 0.199. The summed E-state index contributed by atoms with van der Waals surface area (Å²) < 4.78 is 5.28. The summed E-state index contributed by atoms with van der Waals surface area (Å²) in [5.74, 6) is -1.20. The van der Waals surface area contributed by atoms with E-state index in [9.17, 15) is 14.4 Å². The Hall–Kier alpha value is -4.36. The molecule has 1 aliphatic rings. The van der Waals surface area contributed by atoms with E-state index >= 15 is 0 Å². The summed E-state index contributed by atoms with van der Waals surface area (Å²) in [7, 11) is 0. The highest BCUT2D eigenvalue weighted by Crippen LogP contribution is 2.45. The zero-order chi connectivity index (χ0) is 24.1. The van der Waals surface area contributed by atoms with Crippen LogP contribution in [0.25, 0.3) is 33.1 Å². The number of alkyl halides is 1. The van der Waals surface area contributed by atoms with Gasteiger partial charge in [-0.3, -0.25) is 15.0 Å². The summed E-state index contributed by atoms with van der Waals surface area (Å²) >= 11 is 6.51. The Labute approximate surface area is 203 Å². The maximum Gasteiger partial charge on any atom is 0.349 e. The van der Waals surface area contributed by atoms with E-state index in [1.165, 1.54) is 11.1 Å². The number of carbonyl (C=O) groups excluding carboxylic acids is 2. The van der Waals surface area contributed by atoms with E-state index in [1.54, 1.807) is 24.3 Å². The molecule has 0 saturated carbocycles. The van der Waals surface area contributed by atoms with Crippen molar-refractivity contribution in [1.82, 2.24) is 15.4 Å². The molecule has 3 aromatic carbocycles. The lowest BCUT2D eigenvalue weighted by Crippen LogP contribution is -2.63.